The zero-order valence-electron chi connectivity index (χ0n) is 12.6. The lowest BCUT2D eigenvalue weighted by atomic mass is 10.1. The molecule has 3 aromatic rings. The number of ether oxygens (including phenoxy) is 1. The fraction of sp³-hybridized carbons (Fsp3) is 0.125. The van der Waals surface area contributed by atoms with Crippen LogP contribution in [0, 0.1) is 11.6 Å². The molecule has 0 radical (unpaired) electrons. The van der Waals surface area contributed by atoms with Crippen LogP contribution in [0.15, 0.2) is 30.3 Å². The van der Waals surface area contributed by atoms with Crippen LogP contribution in [0.4, 0.5) is 8.78 Å². The van der Waals surface area contributed by atoms with Crippen molar-refractivity contribution in [2.24, 2.45) is 0 Å². The number of halogens is 3. The molecule has 0 aliphatic rings. The van der Waals surface area contributed by atoms with Crippen LogP contribution in [0.3, 0.4) is 0 Å². The fourth-order valence-corrected chi connectivity index (χ4v) is 3.32. The normalized spacial score (nSPS) is 10.9. The maximum Gasteiger partial charge on any atom is 0.259 e. The summed E-state index contributed by atoms with van der Waals surface area (Å²) in [5, 5.41) is 11.7. The Kier molecular flexibility index (Phi) is 5.12. The highest BCUT2D eigenvalue weighted by molar-refractivity contribution is 7.18. The second-order valence-electron chi connectivity index (χ2n) is 4.91. The number of hydrogen-bond donors (Lipinski definition) is 2. The van der Waals surface area contributed by atoms with Crippen molar-refractivity contribution in [1.29, 1.82) is 0 Å². The first-order valence-corrected chi connectivity index (χ1v) is 8.24. The zero-order valence-corrected chi connectivity index (χ0v) is 14.1. The number of fused-ring (bicyclic) bond motifs is 1. The SMILES string of the molecule is O=C(NCO)c1c(F)ccc(OCc2nc3ccc(Cl)cc3s2)c1F. The number of hydrogen-bond acceptors (Lipinski definition) is 5. The molecule has 1 amide bonds. The van der Waals surface area contributed by atoms with Gasteiger partial charge in [-0.15, -0.1) is 11.3 Å². The van der Waals surface area contributed by atoms with Gasteiger partial charge in [-0.05, 0) is 30.3 Å². The van der Waals surface area contributed by atoms with Crippen LogP contribution in [0.5, 0.6) is 5.75 Å². The van der Waals surface area contributed by atoms with E-state index in [1.54, 1.807) is 18.2 Å². The van der Waals surface area contributed by atoms with E-state index in [4.69, 9.17) is 21.4 Å². The summed E-state index contributed by atoms with van der Waals surface area (Å²) in [5.41, 5.74) is -0.0850. The molecular weight excluding hydrogens is 374 g/mol. The third-order valence-corrected chi connectivity index (χ3v) is 4.50. The van der Waals surface area contributed by atoms with Crippen LogP contribution >= 0.6 is 22.9 Å². The molecule has 0 aliphatic heterocycles. The van der Waals surface area contributed by atoms with E-state index in [1.165, 1.54) is 11.3 Å². The average Bonchev–Trinajstić information content (AvgIpc) is 2.96. The molecule has 3 rings (SSSR count). The van der Waals surface area contributed by atoms with Gasteiger partial charge in [0.25, 0.3) is 5.91 Å². The summed E-state index contributed by atoms with van der Waals surface area (Å²) in [6.07, 6.45) is 0. The number of thiazole rings is 1. The molecule has 0 saturated heterocycles. The van der Waals surface area contributed by atoms with Crippen LogP contribution in [-0.4, -0.2) is 22.7 Å². The van der Waals surface area contributed by atoms with Crippen molar-refractivity contribution in [2.75, 3.05) is 6.73 Å². The van der Waals surface area contributed by atoms with Gasteiger partial charge in [0.15, 0.2) is 11.6 Å². The van der Waals surface area contributed by atoms with Crippen molar-refractivity contribution in [3.05, 3.63) is 57.6 Å². The smallest absolute Gasteiger partial charge is 0.259 e. The molecule has 1 heterocycles. The van der Waals surface area contributed by atoms with E-state index in [2.05, 4.69) is 4.98 Å². The van der Waals surface area contributed by atoms with E-state index >= 15 is 0 Å². The van der Waals surface area contributed by atoms with Gasteiger partial charge in [-0.2, -0.15) is 0 Å². The maximum absolute atomic E-state index is 14.3. The van der Waals surface area contributed by atoms with Crippen LogP contribution in [-0.2, 0) is 6.61 Å². The number of aliphatic hydroxyl groups is 1. The lowest BCUT2D eigenvalue weighted by molar-refractivity contribution is 0.0900. The van der Waals surface area contributed by atoms with E-state index in [1.807, 2.05) is 5.32 Å². The minimum absolute atomic E-state index is 0.0550. The summed E-state index contributed by atoms with van der Waals surface area (Å²) in [5.74, 6) is -3.56. The summed E-state index contributed by atoms with van der Waals surface area (Å²) in [4.78, 5) is 16.0. The van der Waals surface area contributed by atoms with Gasteiger partial charge in [0.2, 0.25) is 0 Å². The number of carbonyl (C=O) groups is 1. The van der Waals surface area contributed by atoms with Crippen molar-refractivity contribution >= 4 is 39.1 Å². The van der Waals surface area contributed by atoms with E-state index in [9.17, 15) is 13.6 Å². The van der Waals surface area contributed by atoms with Crippen LogP contribution in [0.2, 0.25) is 5.02 Å². The molecule has 0 aliphatic carbocycles. The van der Waals surface area contributed by atoms with Crippen LogP contribution in [0.25, 0.3) is 10.2 Å². The molecule has 25 heavy (non-hydrogen) atoms. The van der Waals surface area contributed by atoms with Gasteiger partial charge in [0, 0.05) is 5.02 Å². The largest absolute Gasteiger partial charge is 0.483 e. The van der Waals surface area contributed by atoms with Gasteiger partial charge < -0.3 is 15.2 Å². The third-order valence-electron chi connectivity index (χ3n) is 3.27. The summed E-state index contributed by atoms with van der Waals surface area (Å²) in [6.45, 7) is -0.794. The van der Waals surface area contributed by atoms with Crippen molar-refractivity contribution in [1.82, 2.24) is 10.3 Å². The predicted octanol–water partition coefficient (Wildman–Crippen LogP) is 3.49. The van der Waals surface area contributed by atoms with Crippen molar-refractivity contribution in [2.45, 2.75) is 6.61 Å². The van der Waals surface area contributed by atoms with Crippen molar-refractivity contribution in [3.63, 3.8) is 0 Å². The molecule has 0 unspecified atom stereocenters. The molecule has 0 saturated carbocycles. The molecule has 0 spiro atoms. The highest BCUT2D eigenvalue weighted by atomic mass is 35.5. The Morgan fingerprint density at radius 2 is 2.12 bits per heavy atom. The van der Waals surface area contributed by atoms with Gasteiger partial charge in [0.1, 0.15) is 29.7 Å². The highest BCUT2D eigenvalue weighted by Crippen LogP contribution is 2.28. The zero-order chi connectivity index (χ0) is 18.0. The first-order valence-electron chi connectivity index (χ1n) is 7.04. The number of aliphatic hydroxyl groups excluding tert-OH is 1. The topological polar surface area (TPSA) is 71.5 Å². The lowest BCUT2D eigenvalue weighted by Crippen LogP contribution is -2.26. The Bertz CT molecular complexity index is 949. The standard InChI is InChI=1S/C16H11ClF2N2O3S/c17-8-1-3-10-12(5-8)25-13(21-10)6-24-11-4-2-9(18)14(15(11)19)16(23)20-7-22/h1-5,22H,6-7H2,(H,20,23). The Labute approximate surface area is 149 Å². The van der Waals surface area contributed by atoms with Crippen molar-refractivity contribution in [3.8, 4) is 5.75 Å². The number of aromatic nitrogens is 1. The molecule has 0 atom stereocenters. The van der Waals surface area contributed by atoms with Crippen LogP contribution < -0.4 is 10.1 Å². The van der Waals surface area contributed by atoms with E-state index < -0.39 is 29.8 Å². The van der Waals surface area contributed by atoms with Gasteiger partial charge in [-0.3, -0.25) is 4.79 Å². The van der Waals surface area contributed by atoms with Crippen molar-refractivity contribution < 1.29 is 23.4 Å². The highest BCUT2D eigenvalue weighted by Gasteiger charge is 2.21. The number of rotatable bonds is 5. The molecule has 5 nitrogen and oxygen atoms in total. The molecule has 1 aromatic heterocycles. The number of nitrogens with one attached hydrogen (secondary N) is 1. The van der Waals surface area contributed by atoms with Gasteiger partial charge >= 0.3 is 0 Å². The monoisotopic (exact) mass is 384 g/mol. The molecular formula is C16H11ClF2N2O3S. The summed E-state index contributed by atoms with van der Waals surface area (Å²) in [7, 11) is 0. The minimum Gasteiger partial charge on any atom is -0.483 e. The summed E-state index contributed by atoms with van der Waals surface area (Å²) >= 11 is 7.25. The number of nitrogens with zero attached hydrogens (tertiary/aromatic N) is 1. The summed E-state index contributed by atoms with van der Waals surface area (Å²) in [6, 6.07) is 7.23. The molecule has 0 bridgehead atoms. The average molecular weight is 385 g/mol. The Hall–Kier alpha value is -2.29. The molecule has 2 aromatic carbocycles. The minimum atomic E-state index is -1.14. The Morgan fingerprint density at radius 3 is 2.88 bits per heavy atom. The third kappa shape index (κ3) is 3.71. The molecule has 9 heteroatoms. The molecule has 130 valence electrons. The fourth-order valence-electron chi connectivity index (χ4n) is 2.16. The van der Waals surface area contributed by atoms with Gasteiger partial charge in [0.05, 0.1) is 10.2 Å². The second-order valence-corrected chi connectivity index (χ2v) is 6.46. The first kappa shape index (κ1) is 17.5. The van der Waals surface area contributed by atoms with Crippen LogP contribution in [0.1, 0.15) is 15.4 Å². The van der Waals surface area contributed by atoms with E-state index in [0.29, 0.717) is 10.0 Å². The maximum atomic E-state index is 14.3. The molecule has 2 N–H and O–H groups in total. The first-order chi connectivity index (χ1) is 12.0. The predicted molar refractivity (Wildman–Crippen MR) is 89.9 cm³/mol. The Balaban J connectivity index is 1.82. The lowest BCUT2D eigenvalue weighted by Gasteiger charge is -2.10. The number of amides is 1. The quantitative estimate of drug-likeness (QED) is 0.661. The number of benzene rings is 2. The second kappa shape index (κ2) is 7.30. The van der Waals surface area contributed by atoms with E-state index in [0.717, 1.165) is 22.3 Å². The molecule has 0 fully saturated rings. The van der Waals surface area contributed by atoms with Gasteiger partial charge in [-0.25, -0.2) is 13.8 Å². The van der Waals surface area contributed by atoms with Gasteiger partial charge in [-0.1, -0.05) is 11.6 Å². The number of carbonyl (C=O) groups excluding carboxylic acids is 1. The summed E-state index contributed by atoms with van der Waals surface area (Å²) < 4.78 is 34.2. The Morgan fingerprint density at radius 1 is 1.32 bits per heavy atom. The van der Waals surface area contributed by atoms with E-state index in [-0.39, 0.29) is 12.4 Å².